The van der Waals surface area contributed by atoms with E-state index < -0.39 is 5.82 Å². The fourth-order valence-electron chi connectivity index (χ4n) is 3.73. The zero-order chi connectivity index (χ0) is 21.4. The molecule has 4 heterocycles. The van der Waals surface area contributed by atoms with Crippen LogP contribution in [0.25, 0.3) is 33.5 Å². The molecule has 2 N–H and O–H groups in total. The maximum atomic E-state index is 13.7. The van der Waals surface area contributed by atoms with Crippen molar-refractivity contribution in [3.8, 4) is 11.4 Å². The van der Waals surface area contributed by atoms with Crippen LogP contribution in [0.1, 0.15) is 25.5 Å². The summed E-state index contributed by atoms with van der Waals surface area (Å²) in [4.78, 5) is 21.1. The third-order valence-electron chi connectivity index (χ3n) is 5.30. The lowest BCUT2D eigenvalue weighted by atomic mass is 10.1. The van der Waals surface area contributed by atoms with E-state index in [9.17, 15) is 4.39 Å². The summed E-state index contributed by atoms with van der Waals surface area (Å²) in [6.07, 6.45) is 7.36. The molecule has 0 atom stereocenters. The molecule has 0 amide bonds. The predicted molar refractivity (Wildman–Crippen MR) is 119 cm³/mol. The summed E-state index contributed by atoms with van der Waals surface area (Å²) in [5.74, 6) is 0.618. The molecular formula is C23H22FN7. The average molecular weight is 415 g/mol. The Balaban J connectivity index is 1.49. The number of aromatic amines is 1. The van der Waals surface area contributed by atoms with Crippen LogP contribution in [0.4, 0.5) is 10.2 Å². The molecule has 0 spiro atoms. The van der Waals surface area contributed by atoms with Crippen LogP contribution in [0.2, 0.25) is 0 Å². The van der Waals surface area contributed by atoms with Crippen molar-refractivity contribution in [1.29, 1.82) is 0 Å². The van der Waals surface area contributed by atoms with Gasteiger partial charge in [0, 0.05) is 41.4 Å². The molecule has 0 saturated heterocycles. The van der Waals surface area contributed by atoms with Crippen molar-refractivity contribution < 1.29 is 4.39 Å². The lowest BCUT2D eigenvalue weighted by Gasteiger charge is -2.11. The fraction of sp³-hybridized carbons (Fsp3) is 0.217. The van der Waals surface area contributed by atoms with E-state index in [-0.39, 0.29) is 6.04 Å². The molecule has 0 aliphatic carbocycles. The monoisotopic (exact) mass is 415 g/mol. The first-order chi connectivity index (χ1) is 15.1. The van der Waals surface area contributed by atoms with Crippen LogP contribution in [-0.4, -0.2) is 36.0 Å². The zero-order valence-electron chi connectivity index (χ0n) is 17.3. The minimum Gasteiger partial charge on any atom is -0.368 e. The van der Waals surface area contributed by atoms with Gasteiger partial charge in [-0.15, -0.1) is 0 Å². The third kappa shape index (κ3) is 3.61. The van der Waals surface area contributed by atoms with E-state index in [1.54, 1.807) is 12.5 Å². The molecule has 0 radical (unpaired) electrons. The molecule has 0 bridgehead atoms. The van der Waals surface area contributed by atoms with Gasteiger partial charge in [0.15, 0.2) is 17.3 Å². The summed E-state index contributed by atoms with van der Waals surface area (Å²) in [6.45, 7) is 4.80. The Kier molecular flexibility index (Phi) is 4.82. The average Bonchev–Trinajstić information content (AvgIpc) is 3.38. The molecule has 0 aliphatic heterocycles. The molecule has 31 heavy (non-hydrogen) atoms. The topological polar surface area (TPSA) is 84.3 Å². The van der Waals surface area contributed by atoms with Crippen molar-refractivity contribution in [2.75, 3.05) is 11.9 Å². The van der Waals surface area contributed by atoms with Gasteiger partial charge in [-0.2, -0.15) is 0 Å². The predicted octanol–water partition coefficient (Wildman–Crippen LogP) is 4.74. The van der Waals surface area contributed by atoms with E-state index in [1.807, 2.05) is 22.9 Å². The van der Waals surface area contributed by atoms with Crippen molar-refractivity contribution in [2.24, 2.45) is 0 Å². The summed E-state index contributed by atoms with van der Waals surface area (Å²) >= 11 is 0. The zero-order valence-corrected chi connectivity index (χ0v) is 17.3. The first-order valence-corrected chi connectivity index (χ1v) is 10.2. The SMILES string of the molecule is CC(C)n1cnc2c(NCCc3c[nH]c4ccccc34)nc(-c3cncc(F)c3)nc21. The number of fused-ring (bicyclic) bond motifs is 2. The van der Waals surface area contributed by atoms with Crippen LogP contribution >= 0.6 is 0 Å². The van der Waals surface area contributed by atoms with Crippen molar-refractivity contribution in [3.05, 3.63) is 66.6 Å². The molecule has 8 heteroatoms. The molecule has 1 aromatic carbocycles. The number of H-pyrrole nitrogens is 1. The molecule has 5 aromatic rings. The van der Waals surface area contributed by atoms with Gasteiger partial charge in [0.1, 0.15) is 11.3 Å². The molecule has 0 saturated carbocycles. The number of benzene rings is 1. The second-order valence-corrected chi connectivity index (χ2v) is 7.74. The lowest BCUT2D eigenvalue weighted by molar-refractivity contribution is 0.612. The normalized spacial score (nSPS) is 11.6. The molecular weight excluding hydrogens is 393 g/mol. The van der Waals surface area contributed by atoms with Gasteiger partial charge in [-0.05, 0) is 38.0 Å². The molecule has 0 fully saturated rings. The number of rotatable bonds is 6. The van der Waals surface area contributed by atoms with Gasteiger partial charge < -0.3 is 14.9 Å². The van der Waals surface area contributed by atoms with Crippen molar-refractivity contribution >= 4 is 27.9 Å². The molecule has 7 nitrogen and oxygen atoms in total. The van der Waals surface area contributed by atoms with Gasteiger partial charge in [-0.1, -0.05) is 18.2 Å². The summed E-state index contributed by atoms with van der Waals surface area (Å²) in [5.41, 5.74) is 4.28. The Morgan fingerprint density at radius 2 is 2.03 bits per heavy atom. The van der Waals surface area contributed by atoms with E-state index in [4.69, 9.17) is 0 Å². The number of nitrogens with zero attached hydrogens (tertiary/aromatic N) is 5. The van der Waals surface area contributed by atoms with Gasteiger partial charge in [0.25, 0.3) is 0 Å². The van der Waals surface area contributed by atoms with Crippen LogP contribution in [0.5, 0.6) is 0 Å². The Bertz CT molecular complexity index is 1370. The van der Waals surface area contributed by atoms with Gasteiger partial charge in [0.2, 0.25) is 0 Å². The van der Waals surface area contributed by atoms with Crippen molar-refractivity contribution in [3.63, 3.8) is 0 Å². The summed E-state index contributed by atoms with van der Waals surface area (Å²) < 4.78 is 15.7. The number of anilines is 1. The number of imidazole rings is 1. The molecule has 0 aliphatic rings. The van der Waals surface area contributed by atoms with E-state index in [1.165, 1.54) is 23.2 Å². The standard InChI is InChI=1S/C23H22FN7/c1-14(2)31-13-28-20-22(26-8-7-15-11-27-19-6-4-3-5-18(15)19)29-21(30-23(20)31)16-9-17(24)12-25-10-16/h3-6,9-14,27H,7-8H2,1-2H3,(H,26,29,30). The summed E-state index contributed by atoms with van der Waals surface area (Å²) in [5, 5.41) is 4.63. The number of halogens is 1. The molecule has 4 aromatic heterocycles. The lowest BCUT2D eigenvalue weighted by Crippen LogP contribution is -2.09. The molecule has 5 rings (SSSR count). The Labute approximate surface area is 178 Å². The van der Waals surface area contributed by atoms with E-state index >= 15 is 0 Å². The number of aromatic nitrogens is 6. The third-order valence-corrected chi connectivity index (χ3v) is 5.30. The highest BCUT2D eigenvalue weighted by molar-refractivity contribution is 5.85. The van der Waals surface area contributed by atoms with Gasteiger partial charge in [-0.25, -0.2) is 19.3 Å². The summed E-state index contributed by atoms with van der Waals surface area (Å²) in [6, 6.07) is 9.81. The van der Waals surface area contributed by atoms with Crippen LogP contribution in [0, 0.1) is 5.82 Å². The smallest absolute Gasteiger partial charge is 0.166 e. The highest BCUT2D eigenvalue weighted by atomic mass is 19.1. The van der Waals surface area contributed by atoms with Gasteiger partial charge >= 0.3 is 0 Å². The fourth-order valence-corrected chi connectivity index (χ4v) is 3.73. The van der Waals surface area contributed by atoms with Crippen LogP contribution in [-0.2, 0) is 6.42 Å². The summed E-state index contributed by atoms with van der Waals surface area (Å²) in [7, 11) is 0. The minimum atomic E-state index is -0.424. The Hall–Kier alpha value is -3.81. The Morgan fingerprint density at radius 3 is 2.87 bits per heavy atom. The van der Waals surface area contributed by atoms with Crippen LogP contribution in [0.3, 0.4) is 0 Å². The number of pyridine rings is 1. The number of hydrogen-bond donors (Lipinski definition) is 2. The van der Waals surface area contributed by atoms with Crippen molar-refractivity contribution in [1.82, 2.24) is 29.5 Å². The van der Waals surface area contributed by atoms with E-state index in [0.29, 0.717) is 34.9 Å². The van der Waals surface area contributed by atoms with Crippen LogP contribution < -0.4 is 5.32 Å². The van der Waals surface area contributed by atoms with E-state index in [0.717, 1.165) is 11.9 Å². The molecule has 0 unspecified atom stereocenters. The van der Waals surface area contributed by atoms with E-state index in [2.05, 4.69) is 56.2 Å². The van der Waals surface area contributed by atoms with Gasteiger partial charge in [-0.3, -0.25) is 4.98 Å². The maximum Gasteiger partial charge on any atom is 0.166 e. The largest absolute Gasteiger partial charge is 0.368 e. The number of hydrogen-bond acceptors (Lipinski definition) is 5. The van der Waals surface area contributed by atoms with Crippen LogP contribution in [0.15, 0.2) is 55.2 Å². The number of nitrogens with one attached hydrogen (secondary N) is 2. The maximum absolute atomic E-state index is 13.7. The first-order valence-electron chi connectivity index (χ1n) is 10.2. The van der Waals surface area contributed by atoms with Gasteiger partial charge in [0.05, 0.1) is 12.5 Å². The van der Waals surface area contributed by atoms with Crippen molar-refractivity contribution in [2.45, 2.75) is 26.3 Å². The molecule has 156 valence electrons. The first kappa shape index (κ1) is 19.2. The Morgan fingerprint density at radius 1 is 1.16 bits per heavy atom. The second-order valence-electron chi connectivity index (χ2n) is 7.74. The quantitative estimate of drug-likeness (QED) is 0.418. The second kappa shape index (κ2) is 7.79. The number of para-hydroxylation sites is 1. The highest BCUT2D eigenvalue weighted by Gasteiger charge is 2.16. The minimum absolute atomic E-state index is 0.178. The highest BCUT2D eigenvalue weighted by Crippen LogP contribution is 2.26.